The number of aliphatic hydroxyl groups excluding tert-OH is 1. The second-order valence-corrected chi connectivity index (χ2v) is 4.02. The van der Waals surface area contributed by atoms with Gasteiger partial charge in [0.2, 0.25) is 0 Å². The Labute approximate surface area is 103 Å². The molecule has 1 rings (SSSR count). The largest absolute Gasteiger partial charge is 0.463 e. The molecule has 4 heteroatoms. The van der Waals surface area contributed by atoms with Gasteiger partial charge in [0, 0.05) is 4.47 Å². The molecule has 86 valence electrons. The Hall–Kier alpha value is -1.13. The quantitative estimate of drug-likeness (QED) is 0.683. The lowest BCUT2D eigenvalue weighted by Gasteiger charge is -2.14. The number of benzene rings is 1. The van der Waals surface area contributed by atoms with E-state index in [4.69, 9.17) is 4.74 Å². The van der Waals surface area contributed by atoms with Gasteiger partial charge < -0.3 is 9.84 Å². The van der Waals surface area contributed by atoms with Crippen LogP contribution in [0.1, 0.15) is 18.6 Å². The first-order valence-electron chi connectivity index (χ1n) is 4.86. The van der Waals surface area contributed by atoms with E-state index in [2.05, 4.69) is 22.5 Å². The monoisotopic (exact) mass is 284 g/mol. The second kappa shape index (κ2) is 5.82. The minimum Gasteiger partial charge on any atom is -0.463 e. The predicted molar refractivity (Wildman–Crippen MR) is 64.9 cm³/mol. The summed E-state index contributed by atoms with van der Waals surface area (Å²) in [5.41, 5.74) is 0.634. The van der Waals surface area contributed by atoms with Crippen LogP contribution in [-0.4, -0.2) is 17.7 Å². The van der Waals surface area contributed by atoms with E-state index in [0.717, 1.165) is 4.47 Å². The number of aliphatic hydroxyl groups is 1. The number of rotatable bonds is 4. The predicted octanol–water partition coefficient (Wildman–Crippen LogP) is 2.60. The van der Waals surface area contributed by atoms with Crippen molar-refractivity contribution in [3.05, 3.63) is 46.5 Å². The third-order valence-electron chi connectivity index (χ3n) is 2.07. The highest BCUT2D eigenvalue weighted by Gasteiger charge is 2.20. The minimum absolute atomic E-state index is 0.0359. The van der Waals surface area contributed by atoms with Gasteiger partial charge in [-0.05, 0) is 18.6 Å². The van der Waals surface area contributed by atoms with Gasteiger partial charge in [-0.15, -0.1) is 0 Å². The second-order valence-electron chi connectivity index (χ2n) is 3.17. The third kappa shape index (κ3) is 2.93. The van der Waals surface area contributed by atoms with Crippen LogP contribution in [0.5, 0.6) is 0 Å². The molecule has 0 amide bonds. The molecule has 1 aromatic rings. The standard InChI is InChI=1S/C12H13BrO3/c1-3-16-12(15)8(2)11(14)9-6-4-5-7-10(9)13/h4-7,11,14H,2-3H2,1H3/t11-/m0/s1. The zero-order valence-electron chi connectivity index (χ0n) is 8.94. The number of hydrogen-bond donors (Lipinski definition) is 1. The molecule has 0 aliphatic rings. The van der Waals surface area contributed by atoms with Crippen LogP contribution in [0.4, 0.5) is 0 Å². The normalized spacial score (nSPS) is 11.9. The van der Waals surface area contributed by atoms with Gasteiger partial charge in [0.15, 0.2) is 0 Å². The van der Waals surface area contributed by atoms with Crippen molar-refractivity contribution in [1.29, 1.82) is 0 Å². The molecule has 0 aliphatic carbocycles. The van der Waals surface area contributed by atoms with Gasteiger partial charge in [0.25, 0.3) is 0 Å². The van der Waals surface area contributed by atoms with Gasteiger partial charge in [0.05, 0.1) is 12.2 Å². The van der Waals surface area contributed by atoms with E-state index < -0.39 is 12.1 Å². The number of carbonyl (C=O) groups is 1. The van der Waals surface area contributed by atoms with Crippen molar-refractivity contribution in [1.82, 2.24) is 0 Å². The van der Waals surface area contributed by atoms with Crippen molar-refractivity contribution in [2.24, 2.45) is 0 Å². The zero-order chi connectivity index (χ0) is 12.1. The van der Waals surface area contributed by atoms with Crippen molar-refractivity contribution in [2.75, 3.05) is 6.61 Å². The molecule has 0 saturated carbocycles. The Morgan fingerprint density at radius 2 is 2.19 bits per heavy atom. The third-order valence-corrected chi connectivity index (χ3v) is 2.79. The van der Waals surface area contributed by atoms with Crippen molar-refractivity contribution in [3.8, 4) is 0 Å². The fourth-order valence-corrected chi connectivity index (χ4v) is 1.72. The van der Waals surface area contributed by atoms with E-state index in [1.54, 1.807) is 25.1 Å². The van der Waals surface area contributed by atoms with Gasteiger partial charge in [0.1, 0.15) is 6.10 Å². The van der Waals surface area contributed by atoms with Crippen LogP contribution in [0.3, 0.4) is 0 Å². The van der Waals surface area contributed by atoms with Crippen LogP contribution >= 0.6 is 15.9 Å². The first-order valence-corrected chi connectivity index (χ1v) is 5.65. The molecule has 0 aromatic heterocycles. The maximum absolute atomic E-state index is 11.4. The highest BCUT2D eigenvalue weighted by Crippen LogP contribution is 2.27. The van der Waals surface area contributed by atoms with Crippen LogP contribution < -0.4 is 0 Å². The maximum atomic E-state index is 11.4. The lowest BCUT2D eigenvalue weighted by Crippen LogP contribution is -2.14. The first kappa shape index (κ1) is 12.9. The Morgan fingerprint density at radius 1 is 1.56 bits per heavy atom. The lowest BCUT2D eigenvalue weighted by atomic mass is 10.0. The molecular weight excluding hydrogens is 272 g/mol. The molecule has 16 heavy (non-hydrogen) atoms. The number of halogens is 1. The van der Waals surface area contributed by atoms with Crippen molar-refractivity contribution < 1.29 is 14.6 Å². The zero-order valence-corrected chi connectivity index (χ0v) is 10.5. The molecule has 0 unspecified atom stereocenters. The Balaban J connectivity index is 2.86. The molecule has 0 fully saturated rings. The molecule has 0 aliphatic heterocycles. The van der Waals surface area contributed by atoms with E-state index in [1.807, 2.05) is 6.07 Å². The molecule has 0 bridgehead atoms. The van der Waals surface area contributed by atoms with E-state index in [-0.39, 0.29) is 12.2 Å². The Morgan fingerprint density at radius 3 is 2.75 bits per heavy atom. The number of esters is 1. The number of carbonyl (C=O) groups excluding carboxylic acids is 1. The van der Waals surface area contributed by atoms with E-state index in [0.29, 0.717) is 5.56 Å². The van der Waals surface area contributed by atoms with Gasteiger partial charge >= 0.3 is 5.97 Å². The summed E-state index contributed by atoms with van der Waals surface area (Å²) in [6.07, 6.45) is -1.05. The van der Waals surface area contributed by atoms with E-state index in [1.165, 1.54) is 0 Å². The van der Waals surface area contributed by atoms with Gasteiger partial charge in [-0.25, -0.2) is 4.79 Å². The van der Waals surface area contributed by atoms with Crippen LogP contribution in [0.15, 0.2) is 40.9 Å². The molecule has 1 atom stereocenters. The van der Waals surface area contributed by atoms with Gasteiger partial charge in [-0.3, -0.25) is 0 Å². The molecule has 1 N–H and O–H groups in total. The molecule has 1 aromatic carbocycles. The molecular formula is C12H13BrO3. The van der Waals surface area contributed by atoms with Gasteiger partial charge in [-0.2, -0.15) is 0 Å². The van der Waals surface area contributed by atoms with E-state index >= 15 is 0 Å². The topological polar surface area (TPSA) is 46.5 Å². The average molecular weight is 285 g/mol. The SMILES string of the molecule is C=C(C(=O)OCC)[C@H](O)c1ccccc1Br. The molecule has 0 spiro atoms. The summed E-state index contributed by atoms with van der Waals surface area (Å²) in [6, 6.07) is 7.12. The summed E-state index contributed by atoms with van der Waals surface area (Å²) in [6.45, 7) is 5.51. The first-order chi connectivity index (χ1) is 7.57. The van der Waals surface area contributed by atoms with Gasteiger partial charge in [-0.1, -0.05) is 40.7 Å². The van der Waals surface area contributed by atoms with Crippen LogP contribution in [0.2, 0.25) is 0 Å². The molecule has 0 heterocycles. The summed E-state index contributed by atoms with van der Waals surface area (Å²) >= 11 is 3.30. The lowest BCUT2D eigenvalue weighted by molar-refractivity contribution is -0.139. The highest BCUT2D eigenvalue weighted by atomic mass is 79.9. The number of hydrogen-bond acceptors (Lipinski definition) is 3. The summed E-state index contributed by atoms with van der Waals surface area (Å²) in [4.78, 5) is 11.4. The maximum Gasteiger partial charge on any atom is 0.336 e. The van der Waals surface area contributed by atoms with E-state index in [9.17, 15) is 9.90 Å². The molecule has 3 nitrogen and oxygen atoms in total. The average Bonchev–Trinajstić information content (AvgIpc) is 2.28. The molecule has 0 radical (unpaired) electrons. The summed E-state index contributed by atoms with van der Waals surface area (Å²) in [5.74, 6) is -0.578. The van der Waals surface area contributed by atoms with Crippen molar-refractivity contribution in [3.63, 3.8) is 0 Å². The van der Waals surface area contributed by atoms with Crippen molar-refractivity contribution >= 4 is 21.9 Å². The summed E-state index contributed by atoms with van der Waals surface area (Å²) in [5, 5.41) is 9.94. The summed E-state index contributed by atoms with van der Waals surface area (Å²) in [7, 11) is 0. The smallest absolute Gasteiger partial charge is 0.336 e. The summed E-state index contributed by atoms with van der Waals surface area (Å²) < 4.78 is 5.50. The minimum atomic E-state index is -1.05. The molecule has 0 saturated heterocycles. The number of ether oxygens (including phenoxy) is 1. The van der Waals surface area contributed by atoms with Crippen LogP contribution in [-0.2, 0) is 9.53 Å². The fourth-order valence-electron chi connectivity index (χ4n) is 1.22. The van der Waals surface area contributed by atoms with Crippen LogP contribution in [0.25, 0.3) is 0 Å². The Kier molecular flexibility index (Phi) is 4.71. The highest BCUT2D eigenvalue weighted by molar-refractivity contribution is 9.10. The Bertz CT molecular complexity index is 401. The van der Waals surface area contributed by atoms with Crippen molar-refractivity contribution in [2.45, 2.75) is 13.0 Å². The fraction of sp³-hybridized carbons (Fsp3) is 0.250. The van der Waals surface area contributed by atoms with Crippen LogP contribution in [0, 0.1) is 0 Å².